The first-order valence-electron chi connectivity index (χ1n) is 39.9. The molecule has 0 unspecified atom stereocenters. The molecular formula is C104H86N6O22. The van der Waals surface area contributed by atoms with E-state index in [1.54, 1.807) is 48.7 Å². The van der Waals surface area contributed by atoms with E-state index >= 15 is 0 Å². The van der Waals surface area contributed by atoms with Crippen molar-refractivity contribution in [3.05, 3.63) is 389 Å². The lowest BCUT2D eigenvalue weighted by atomic mass is 9.99. The lowest BCUT2D eigenvalue weighted by molar-refractivity contribution is -0.193. The summed E-state index contributed by atoms with van der Waals surface area (Å²) >= 11 is 0. The Balaban J connectivity index is 0.000000271. The smallest absolute Gasteiger partial charge is 0.373 e. The Morgan fingerprint density at radius 3 is 1.05 bits per heavy atom. The summed E-state index contributed by atoms with van der Waals surface area (Å²) in [6, 6.07) is 78.7. The minimum absolute atomic E-state index is 0.000260. The highest BCUT2D eigenvalue weighted by molar-refractivity contribution is 6.33. The number of benzene rings is 10. The summed E-state index contributed by atoms with van der Waals surface area (Å²) in [5, 5.41) is 53.9. The molecule has 6 aliphatic rings. The van der Waals surface area contributed by atoms with Crippen LogP contribution in [0.15, 0.2) is 342 Å². The fraction of sp³-hybridized carbons (Fsp3) is 0.115. The molecule has 0 aromatic heterocycles. The van der Waals surface area contributed by atoms with E-state index in [0.29, 0.717) is 56.0 Å². The minimum Gasteiger partial charge on any atom is -0.507 e. The van der Waals surface area contributed by atoms with Crippen LogP contribution in [0.25, 0.3) is 29.1 Å². The summed E-state index contributed by atoms with van der Waals surface area (Å²) in [5.41, 5.74) is 19.1. The average molecular weight is 1770 g/mol. The third-order valence-electron chi connectivity index (χ3n) is 19.2. The molecule has 28 heteroatoms. The number of Topliss-reactive ketones (excluding diaryl/α,β-unsaturated/α-hetero) is 5. The number of rotatable bonds is 14. The number of aryl methyl sites for hydroxylation is 4. The van der Waals surface area contributed by atoms with Crippen LogP contribution in [0.1, 0.15) is 145 Å². The van der Waals surface area contributed by atoms with Crippen molar-refractivity contribution in [2.75, 3.05) is 0 Å². The van der Waals surface area contributed by atoms with Crippen molar-refractivity contribution in [3.8, 4) is 0 Å². The monoisotopic (exact) mass is 1770 g/mol. The minimum atomic E-state index is -0.187. The first-order chi connectivity index (χ1) is 63.7. The van der Waals surface area contributed by atoms with Crippen LogP contribution in [0.4, 0.5) is 28.4 Å². The number of nitrogens with zero attached hydrogens (tertiary/aromatic N) is 5. The molecule has 1 heterocycles. The SMILES string of the molecule is CC1=C(C)C(=O)/C(=C\c2ccccc2)N1.CC1=C(O)C(C=Nc2ccccc2C)=CCC1.CCCc1ccc2c(c1)C(O)=C(C=Nc1ccccc1)C2=O.CCc1ccc2c(c1)C(O)=C(C=Nc1ccccc1)C2=O.Cc1ccc2c(c1)C(O)=C(C=Nc1ccccc1)C2=O.O=C1C(C=Nc2ccccc2)=C(O)c2ccccc21.O=C=O.O=C=O.O=C=O.O=C=O.O=C=O.O=C=O. The largest absolute Gasteiger partial charge is 0.507 e. The molecule has 0 saturated heterocycles. The molecule has 0 saturated carbocycles. The fourth-order valence-corrected chi connectivity index (χ4v) is 12.7. The molecule has 0 amide bonds. The van der Waals surface area contributed by atoms with Crippen molar-refractivity contribution in [3.63, 3.8) is 0 Å². The number of nitrogens with one attached hydrogen (secondary N) is 1. The zero-order valence-corrected chi connectivity index (χ0v) is 72.2. The van der Waals surface area contributed by atoms with Gasteiger partial charge in [0.15, 0.2) is 23.1 Å². The normalized spacial score (nSPS) is 13.3. The molecule has 0 bridgehead atoms. The maximum Gasteiger partial charge on any atom is 0.373 e. The summed E-state index contributed by atoms with van der Waals surface area (Å²) in [7, 11) is 0. The van der Waals surface area contributed by atoms with E-state index in [9.17, 15) is 49.5 Å². The van der Waals surface area contributed by atoms with Crippen LogP contribution in [0, 0.1) is 13.8 Å². The second-order valence-electron chi connectivity index (χ2n) is 27.7. The Morgan fingerprint density at radius 2 is 0.674 bits per heavy atom. The predicted octanol–water partition coefficient (Wildman–Crippen LogP) is 19.3. The maximum absolute atomic E-state index is 12.4. The molecule has 10 aromatic carbocycles. The highest BCUT2D eigenvalue weighted by Gasteiger charge is 2.32. The lowest BCUT2D eigenvalue weighted by Gasteiger charge is -2.11. The van der Waals surface area contributed by atoms with Gasteiger partial charge in [-0.15, -0.1) is 0 Å². The molecule has 1 aliphatic heterocycles. The van der Waals surface area contributed by atoms with Crippen LogP contribution < -0.4 is 5.32 Å². The van der Waals surface area contributed by atoms with Gasteiger partial charge in [-0.2, -0.15) is 57.5 Å². The molecule has 28 nitrogen and oxygen atoms in total. The van der Waals surface area contributed by atoms with E-state index in [1.165, 1.54) is 24.9 Å². The number of aliphatic hydroxyl groups is 5. The highest BCUT2D eigenvalue weighted by atomic mass is 16.3. The van der Waals surface area contributed by atoms with E-state index in [-0.39, 0.29) is 111 Å². The fourth-order valence-electron chi connectivity index (χ4n) is 12.7. The van der Waals surface area contributed by atoms with Gasteiger partial charge in [0, 0.05) is 92.4 Å². The van der Waals surface area contributed by atoms with E-state index in [2.05, 4.69) is 37.2 Å². The number of fused-ring (bicyclic) bond motifs is 4. The summed E-state index contributed by atoms with van der Waals surface area (Å²) in [6.07, 6.45) is 17.6. The van der Waals surface area contributed by atoms with E-state index in [1.807, 2.05) is 266 Å². The third-order valence-corrected chi connectivity index (χ3v) is 19.2. The van der Waals surface area contributed by atoms with Crippen LogP contribution >= 0.6 is 0 Å². The standard InChI is InChI=1S/C19H17NO2.C18H15NO2.C17H13NO2.C16H11NO2.C15H17NO.C13H13NO.6CO2/c1-2-6-13-9-10-15-16(11-13)19(22)17(18(15)21)12-20-14-7-4-3-5-8-14;1-2-12-8-9-14-15(10-12)18(21)16(17(14)20)11-19-13-6-4-3-5-7-13;1-11-7-8-13-14(9-11)17(20)15(16(13)19)10-18-12-5-3-2-4-6-12;18-15-12-8-4-5-9-13(12)16(19)14(15)10-17-11-6-2-1-3-7-11;1-11-6-3-4-9-14(11)16-10-13-8-5-7-12(2)15(13)17;1-9-10(2)14-12(13(9)15)8-11-6-4-3-5-7-11;6*2-1-3/h3-5,7-12,22H,2,6H2,1H3;3-11,21H,2H2,1H3;2-10,20H,1H3;1-10,18H;3-4,6,8-10,17H,5,7H2,1-2H3;3-8,14H,1-2H3;;;;;;/b;;;;;12-8+;;;;;;. The Hall–Kier alpha value is -18.1. The molecule has 132 heavy (non-hydrogen) atoms. The van der Waals surface area contributed by atoms with Gasteiger partial charge in [-0.05, 0) is 167 Å². The van der Waals surface area contributed by atoms with Gasteiger partial charge in [-0.1, -0.05) is 214 Å². The highest BCUT2D eigenvalue weighted by Crippen LogP contribution is 2.36. The summed E-state index contributed by atoms with van der Waals surface area (Å²) in [5.74, 6) is -0.189. The van der Waals surface area contributed by atoms with Crippen LogP contribution in [-0.4, -0.2) is 122 Å². The number of carbonyl (C=O) groups excluding carboxylic acids is 17. The summed E-state index contributed by atoms with van der Waals surface area (Å²) in [4.78, 5) is 180. The molecule has 6 N–H and O–H groups in total. The Labute approximate surface area is 757 Å². The van der Waals surface area contributed by atoms with Gasteiger partial charge in [0.2, 0.25) is 5.78 Å². The number of aliphatic imine (C=N–C) groups is 5. The first kappa shape index (κ1) is 104. The number of hydrogen-bond donors (Lipinski definition) is 6. The number of allylic oxidation sites excluding steroid dienone is 9. The van der Waals surface area contributed by atoms with Crippen LogP contribution in [0.3, 0.4) is 0 Å². The van der Waals surface area contributed by atoms with Crippen molar-refractivity contribution in [1.29, 1.82) is 0 Å². The number of aliphatic hydroxyl groups excluding tert-OH is 5. The average Bonchev–Trinajstić information content (AvgIpc) is 1.74. The van der Waals surface area contributed by atoms with Gasteiger partial charge < -0.3 is 30.8 Å². The molecule has 664 valence electrons. The van der Waals surface area contributed by atoms with Gasteiger partial charge in [0.25, 0.3) is 0 Å². The second kappa shape index (κ2) is 56.0. The second-order valence-corrected chi connectivity index (χ2v) is 27.7. The molecule has 0 spiro atoms. The van der Waals surface area contributed by atoms with Crippen LogP contribution in [0.5, 0.6) is 0 Å². The maximum atomic E-state index is 12.4. The van der Waals surface area contributed by atoms with Gasteiger partial charge in [-0.3, -0.25) is 48.9 Å². The van der Waals surface area contributed by atoms with Gasteiger partial charge >= 0.3 is 36.9 Å². The number of carbonyl (C=O) groups is 5. The molecule has 0 atom stereocenters. The van der Waals surface area contributed by atoms with Crippen LogP contribution in [0.2, 0.25) is 0 Å². The molecule has 16 rings (SSSR count). The Bertz CT molecular complexity index is 6360. The van der Waals surface area contributed by atoms with Gasteiger partial charge in [-0.25, -0.2) is 0 Å². The molecule has 5 aliphatic carbocycles. The van der Waals surface area contributed by atoms with Crippen molar-refractivity contribution >= 4 is 154 Å². The van der Waals surface area contributed by atoms with Gasteiger partial charge in [0.05, 0.1) is 56.4 Å². The van der Waals surface area contributed by atoms with Crippen molar-refractivity contribution < 1.29 is 107 Å². The zero-order valence-electron chi connectivity index (χ0n) is 72.2. The van der Waals surface area contributed by atoms with Crippen molar-refractivity contribution in [1.82, 2.24) is 5.32 Å². The van der Waals surface area contributed by atoms with Crippen LogP contribution in [-0.2, 0) is 75.2 Å². The summed E-state index contributed by atoms with van der Waals surface area (Å²) in [6.45, 7) is 13.8. The molecule has 0 fully saturated rings. The lowest BCUT2D eigenvalue weighted by Crippen LogP contribution is -2.07. The zero-order chi connectivity index (χ0) is 97.0. The number of hydrogen-bond acceptors (Lipinski definition) is 28. The van der Waals surface area contributed by atoms with Gasteiger partial charge in [0.1, 0.15) is 28.8 Å². The summed E-state index contributed by atoms with van der Waals surface area (Å²) < 4.78 is 0. The third kappa shape index (κ3) is 30.9. The molecular weight excluding hydrogens is 1690 g/mol. The van der Waals surface area contributed by atoms with E-state index in [0.717, 1.165) is 111 Å². The van der Waals surface area contributed by atoms with Crippen molar-refractivity contribution in [2.24, 2.45) is 25.0 Å². The van der Waals surface area contributed by atoms with E-state index in [4.69, 9.17) is 57.5 Å². The Kier molecular flexibility index (Phi) is 44.3. The predicted molar refractivity (Wildman–Crippen MR) is 491 cm³/mol. The molecule has 10 aromatic rings. The topological polar surface area (TPSA) is 465 Å². The number of ketones is 5. The van der Waals surface area contributed by atoms with E-state index < -0.39 is 0 Å². The quantitative estimate of drug-likeness (QED) is 0.0435. The molecule has 0 radical (unpaired) electrons. The number of para-hydroxylation sites is 5. The Morgan fingerprint density at radius 1 is 0.341 bits per heavy atom. The van der Waals surface area contributed by atoms with Crippen molar-refractivity contribution in [2.45, 2.75) is 80.6 Å². The first-order valence-corrected chi connectivity index (χ1v) is 39.9.